The highest BCUT2D eigenvalue weighted by atomic mass is 19.1. The molecule has 0 aromatic heterocycles. The topological polar surface area (TPSA) is 24.5 Å². The van der Waals surface area contributed by atoms with Gasteiger partial charge in [-0.15, -0.1) is 0 Å². The summed E-state index contributed by atoms with van der Waals surface area (Å²) in [6.45, 7) is 4.09. The molecule has 1 aliphatic rings. The van der Waals surface area contributed by atoms with E-state index in [0.717, 1.165) is 24.6 Å². The maximum Gasteiger partial charge on any atom is 0.108 e. The zero-order valence-electron chi connectivity index (χ0n) is 12.6. The van der Waals surface area contributed by atoms with Crippen LogP contribution < -0.4 is 10.2 Å². The lowest BCUT2D eigenvalue weighted by atomic mass is 10.0. The Hall–Kier alpha value is -1.13. The molecule has 1 N–H and O–H groups in total. The monoisotopic (exact) mass is 280 g/mol. The maximum absolute atomic E-state index is 13.0. The third-order valence-corrected chi connectivity index (χ3v) is 4.17. The van der Waals surface area contributed by atoms with Crippen LogP contribution in [-0.2, 0) is 4.74 Å². The van der Waals surface area contributed by atoms with Gasteiger partial charge in [-0.05, 0) is 37.1 Å². The maximum atomic E-state index is 13.0. The van der Waals surface area contributed by atoms with Gasteiger partial charge in [0.15, 0.2) is 0 Å². The molecule has 4 heteroatoms. The van der Waals surface area contributed by atoms with Crippen LogP contribution in [0.1, 0.15) is 25.0 Å². The third kappa shape index (κ3) is 3.30. The van der Waals surface area contributed by atoms with Crippen molar-refractivity contribution in [1.29, 1.82) is 0 Å². The molecule has 0 aliphatic carbocycles. The van der Waals surface area contributed by atoms with Gasteiger partial charge in [0.25, 0.3) is 0 Å². The average molecular weight is 280 g/mol. The van der Waals surface area contributed by atoms with E-state index >= 15 is 0 Å². The lowest BCUT2D eigenvalue weighted by molar-refractivity contribution is 0.0615. The smallest absolute Gasteiger partial charge is 0.108 e. The van der Waals surface area contributed by atoms with Gasteiger partial charge in [0, 0.05) is 25.9 Å². The highest BCUT2D eigenvalue weighted by Crippen LogP contribution is 2.27. The van der Waals surface area contributed by atoms with Crippen molar-refractivity contribution in [2.75, 3.05) is 38.8 Å². The van der Waals surface area contributed by atoms with Crippen molar-refractivity contribution in [3.8, 4) is 0 Å². The van der Waals surface area contributed by atoms with Gasteiger partial charge in [0.2, 0.25) is 0 Å². The lowest BCUT2D eigenvalue weighted by Crippen LogP contribution is -2.35. The Morgan fingerprint density at radius 2 is 2.10 bits per heavy atom. The molecule has 0 radical (unpaired) electrons. The summed E-state index contributed by atoms with van der Waals surface area (Å²) < 4.78 is 18.4. The fourth-order valence-electron chi connectivity index (χ4n) is 2.89. The van der Waals surface area contributed by atoms with Gasteiger partial charge in [-0.25, -0.2) is 4.39 Å². The summed E-state index contributed by atoms with van der Waals surface area (Å²) in [7, 11) is 3.39. The molecular weight excluding hydrogens is 255 g/mol. The van der Waals surface area contributed by atoms with Gasteiger partial charge >= 0.3 is 0 Å². The normalized spacial score (nSPS) is 22.0. The fraction of sp³-hybridized carbons (Fsp3) is 0.625. The molecule has 0 amide bonds. The summed E-state index contributed by atoms with van der Waals surface area (Å²) in [6, 6.07) is 8.02. The summed E-state index contributed by atoms with van der Waals surface area (Å²) in [5.74, 6) is 0.765. The van der Waals surface area contributed by atoms with Crippen molar-refractivity contribution >= 4 is 5.69 Å². The first-order valence-electron chi connectivity index (χ1n) is 7.30. The zero-order valence-corrected chi connectivity index (χ0v) is 12.6. The Bertz CT molecular complexity index is 405. The quantitative estimate of drug-likeness (QED) is 0.867. The van der Waals surface area contributed by atoms with E-state index < -0.39 is 6.67 Å². The van der Waals surface area contributed by atoms with Crippen molar-refractivity contribution in [2.24, 2.45) is 5.92 Å². The van der Waals surface area contributed by atoms with Crippen LogP contribution >= 0.6 is 0 Å². The van der Waals surface area contributed by atoms with Crippen LogP contribution in [0.2, 0.25) is 0 Å². The summed E-state index contributed by atoms with van der Waals surface area (Å²) in [5, 5.41) is 2.97. The molecule has 20 heavy (non-hydrogen) atoms. The van der Waals surface area contributed by atoms with E-state index in [2.05, 4.69) is 29.3 Å². The zero-order chi connectivity index (χ0) is 14.5. The van der Waals surface area contributed by atoms with Gasteiger partial charge in [0.05, 0.1) is 12.1 Å². The highest BCUT2D eigenvalue weighted by molar-refractivity contribution is 5.49. The minimum atomic E-state index is -0.444. The Morgan fingerprint density at radius 3 is 2.55 bits per heavy atom. The van der Waals surface area contributed by atoms with Crippen molar-refractivity contribution < 1.29 is 9.13 Å². The summed E-state index contributed by atoms with van der Waals surface area (Å²) in [6.07, 6.45) is 1.00. The van der Waals surface area contributed by atoms with E-state index in [1.165, 1.54) is 12.1 Å². The summed E-state index contributed by atoms with van der Waals surface area (Å²) in [4.78, 5) is 2.40. The van der Waals surface area contributed by atoms with Gasteiger partial charge in [-0.3, -0.25) is 0 Å². The van der Waals surface area contributed by atoms with Gasteiger partial charge in [-0.2, -0.15) is 0 Å². The van der Waals surface area contributed by atoms with E-state index in [-0.39, 0.29) is 12.1 Å². The fourth-order valence-corrected chi connectivity index (χ4v) is 2.89. The molecule has 3 atom stereocenters. The minimum absolute atomic E-state index is 0.253. The molecule has 3 unspecified atom stereocenters. The van der Waals surface area contributed by atoms with Crippen LogP contribution in [0.4, 0.5) is 10.1 Å². The second-order valence-corrected chi connectivity index (χ2v) is 5.64. The number of benzene rings is 1. The number of hydrogen-bond acceptors (Lipinski definition) is 3. The molecular formula is C16H25FN2O. The van der Waals surface area contributed by atoms with Crippen LogP contribution in [0.5, 0.6) is 0 Å². The van der Waals surface area contributed by atoms with Crippen molar-refractivity contribution in [3.05, 3.63) is 29.8 Å². The number of ether oxygens (including phenoxy) is 1. The van der Waals surface area contributed by atoms with Crippen molar-refractivity contribution in [2.45, 2.75) is 25.5 Å². The second kappa shape index (κ2) is 7.04. The number of nitrogens with one attached hydrogen (secondary N) is 1. The van der Waals surface area contributed by atoms with Gasteiger partial charge in [0.1, 0.15) is 6.67 Å². The molecule has 1 heterocycles. The van der Waals surface area contributed by atoms with E-state index in [9.17, 15) is 4.39 Å². The van der Waals surface area contributed by atoms with E-state index in [1.807, 2.05) is 12.1 Å². The van der Waals surface area contributed by atoms with Crippen LogP contribution in [0.15, 0.2) is 24.3 Å². The standard InChI is InChI=1S/C16H25FN2O/c1-12-8-9-19(11-12)14-6-4-13(5-7-14)16(20-3)15(10-17)18-2/h4-7,12,15-16,18H,8-11H2,1-3H3. The predicted octanol–water partition coefficient (Wildman–Crippen LogP) is 2.78. The first-order chi connectivity index (χ1) is 9.69. The number of rotatable bonds is 6. The Kier molecular flexibility index (Phi) is 5.38. The number of alkyl halides is 1. The first kappa shape index (κ1) is 15.3. The van der Waals surface area contributed by atoms with Gasteiger partial charge in [-0.1, -0.05) is 19.1 Å². The molecule has 0 bridgehead atoms. The Labute approximate surface area is 121 Å². The average Bonchev–Trinajstić information content (AvgIpc) is 2.91. The summed E-state index contributed by atoms with van der Waals surface area (Å²) in [5.41, 5.74) is 2.26. The molecule has 2 rings (SSSR count). The number of anilines is 1. The van der Waals surface area contributed by atoms with Crippen molar-refractivity contribution in [3.63, 3.8) is 0 Å². The van der Waals surface area contributed by atoms with Crippen LogP contribution in [0.25, 0.3) is 0 Å². The number of likely N-dealkylation sites (N-methyl/N-ethyl adjacent to an activating group) is 1. The number of nitrogens with zero attached hydrogens (tertiary/aromatic N) is 1. The molecule has 0 saturated carbocycles. The molecule has 1 saturated heterocycles. The minimum Gasteiger partial charge on any atom is -0.375 e. The van der Waals surface area contributed by atoms with Crippen LogP contribution in [0.3, 0.4) is 0 Å². The first-order valence-corrected chi connectivity index (χ1v) is 7.30. The highest BCUT2D eigenvalue weighted by Gasteiger charge is 2.23. The summed E-state index contributed by atoms with van der Waals surface area (Å²) >= 11 is 0. The van der Waals surface area contributed by atoms with E-state index in [4.69, 9.17) is 4.74 Å². The molecule has 1 aromatic carbocycles. The number of hydrogen-bond donors (Lipinski definition) is 1. The molecule has 1 aromatic rings. The Balaban J connectivity index is 2.10. The lowest BCUT2D eigenvalue weighted by Gasteiger charge is -2.25. The predicted molar refractivity (Wildman–Crippen MR) is 81.0 cm³/mol. The van der Waals surface area contributed by atoms with Crippen molar-refractivity contribution in [1.82, 2.24) is 5.32 Å². The van der Waals surface area contributed by atoms with E-state index in [1.54, 1.807) is 14.2 Å². The largest absolute Gasteiger partial charge is 0.375 e. The molecule has 112 valence electrons. The number of halogens is 1. The van der Waals surface area contributed by atoms with E-state index in [0.29, 0.717) is 0 Å². The van der Waals surface area contributed by atoms with Crippen LogP contribution in [-0.4, -0.2) is 40.0 Å². The molecule has 1 fully saturated rings. The van der Waals surface area contributed by atoms with Gasteiger partial charge < -0.3 is 15.0 Å². The molecule has 1 aliphatic heterocycles. The third-order valence-electron chi connectivity index (χ3n) is 4.17. The molecule has 3 nitrogen and oxygen atoms in total. The van der Waals surface area contributed by atoms with Crippen LogP contribution in [0, 0.1) is 5.92 Å². The SMILES string of the molecule is CNC(CF)C(OC)c1ccc(N2CCC(C)C2)cc1. The Morgan fingerprint density at radius 1 is 1.40 bits per heavy atom. The second-order valence-electron chi connectivity index (χ2n) is 5.64. The number of methoxy groups -OCH3 is 1. The molecule has 0 spiro atoms.